The zero-order chi connectivity index (χ0) is 31.2. The highest BCUT2D eigenvalue weighted by molar-refractivity contribution is 5.45. The molecule has 0 atom stereocenters. The van der Waals surface area contributed by atoms with Crippen molar-refractivity contribution in [1.82, 2.24) is 0 Å². The van der Waals surface area contributed by atoms with Crippen LogP contribution in [-0.4, -0.2) is 0 Å². The molecule has 0 unspecified atom stereocenters. The summed E-state index contributed by atoms with van der Waals surface area (Å²) in [5.74, 6) is 13.0. The monoisotopic (exact) mass is 580 g/mol. The van der Waals surface area contributed by atoms with Gasteiger partial charge in [0.1, 0.15) is 0 Å². The zero-order valence-electron chi connectivity index (χ0n) is 27.7. The molecular formula is C44H52. The van der Waals surface area contributed by atoms with E-state index in [9.17, 15) is 0 Å². The lowest BCUT2D eigenvalue weighted by molar-refractivity contribution is 0.795. The van der Waals surface area contributed by atoms with Crippen molar-refractivity contribution in [2.24, 2.45) is 0 Å². The second kappa shape index (κ2) is 20.8. The molecule has 228 valence electrons. The first-order valence-electron chi connectivity index (χ1n) is 17.0. The highest BCUT2D eigenvalue weighted by Gasteiger charge is 1.96. The third-order valence-corrected chi connectivity index (χ3v) is 7.79. The van der Waals surface area contributed by atoms with E-state index in [0.717, 1.165) is 22.3 Å². The summed E-state index contributed by atoms with van der Waals surface area (Å²) in [4.78, 5) is 0. The SMILES string of the molecule is CCCCc1ccc(C#Cc2ccc(CCCC)cc2)cc1.CCCCc1ccc(C#Cc2ccc(CCCC)cc2)cc1. The van der Waals surface area contributed by atoms with Gasteiger partial charge in [-0.1, -0.05) is 126 Å². The Labute approximate surface area is 269 Å². The topological polar surface area (TPSA) is 0 Å². The summed E-state index contributed by atoms with van der Waals surface area (Å²) in [6, 6.07) is 34.7. The van der Waals surface area contributed by atoms with Gasteiger partial charge >= 0.3 is 0 Å². The van der Waals surface area contributed by atoms with E-state index in [-0.39, 0.29) is 0 Å². The highest BCUT2D eigenvalue weighted by atomic mass is 14.0. The predicted octanol–water partition coefficient (Wildman–Crippen LogP) is 11.5. The Balaban J connectivity index is 0.000000240. The number of hydrogen-bond acceptors (Lipinski definition) is 0. The van der Waals surface area contributed by atoms with Crippen molar-refractivity contribution in [1.29, 1.82) is 0 Å². The van der Waals surface area contributed by atoms with Crippen LogP contribution in [0.2, 0.25) is 0 Å². The molecule has 0 saturated carbocycles. The Bertz CT molecular complexity index is 1220. The summed E-state index contributed by atoms with van der Waals surface area (Å²) < 4.78 is 0. The highest BCUT2D eigenvalue weighted by Crippen LogP contribution is 2.11. The fourth-order valence-electron chi connectivity index (χ4n) is 4.83. The number of aryl methyl sites for hydroxylation is 4. The Hall–Kier alpha value is -4.00. The van der Waals surface area contributed by atoms with E-state index in [0.29, 0.717) is 0 Å². The molecule has 0 fully saturated rings. The van der Waals surface area contributed by atoms with Gasteiger partial charge in [-0.15, -0.1) is 0 Å². The lowest BCUT2D eigenvalue weighted by atomic mass is 10.1. The van der Waals surface area contributed by atoms with Gasteiger partial charge in [0.05, 0.1) is 0 Å². The van der Waals surface area contributed by atoms with E-state index >= 15 is 0 Å². The van der Waals surface area contributed by atoms with Crippen molar-refractivity contribution in [3.8, 4) is 23.7 Å². The normalized spacial score (nSPS) is 10.1. The van der Waals surface area contributed by atoms with Gasteiger partial charge in [-0.25, -0.2) is 0 Å². The average Bonchev–Trinajstić information content (AvgIpc) is 3.08. The van der Waals surface area contributed by atoms with Crippen LogP contribution in [0.1, 0.15) is 124 Å². The fraction of sp³-hybridized carbons (Fsp3) is 0.364. The summed E-state index contributed by atoms with van der Waals surface area (Å²) in [5, 5.41) is 0. The number of benzene rings is 4. The van der Waals surface area contributed by atoms with Crippen LogP contribution in [0.4, 0.5) is 0 Å². The zero-order valence-corrected chi connectivity index (χ0v) is 27.7. The molecule has 0 heterocycles. The van der Waals surface area contributed by atoms with Gasteiger partial charge in [-0.3, -0.25) is 0 Å². The first kappa shape index (κ1) is 34.5. The fourth-order valence-corrected chi connectivity index (χ4v) is 4.83. The number of hydrogen-bond donors (Lipinski definition) is 0. The van der Waals surface area contributed by atoms with Gasteiger partial charge in [0.25, 0.3) is 0 Å². The quantitative estimate of drug-likeness (QED) is 0.146. The lowest BCUT2D eigenvalue weighted by Gasteiger charge is -2.00. The molecule has 0 heteroatoms. The van der Waals surface area contributed by atoms with Crippen LogP contribution in [0, 0.1) is 23.7 Å². The van der Waals surface area contributed by atoms with E-state index in [1.165, 1.54) is 99.3 Å². The Morgan fingerprint density at radius 2 is 0.477 bits per heavy atom. The van der Waals surface area contributed by atoms with Crippen LogP contribution in [0.5, 0.6) is 0 Å². The molecule has 0 N–H and O–H groups in total. The molecule has 0 aliphatic carbocycles. The summed E-state index contributed by atoms with van der Waals surface area (Å²) in [6.45, 7) is 8.92. The van der Waals surface area contributed by atoms with Crippen molar-refractivity contribution >= 4 is 0 Å². The third-order valence-electron chi connectivity index (χ3n) is 7.79. The van der Waals surface area contributed by atoms with Gasteiger partial charge in [-0.05, 0) is 122 Å². The van der Waals surface area contributed by atoms with Crippen LogP contribution in [0.3, 0.4) is 0 Å². The van der Waals surface area contributed by atoms with Gasteiger partial charge < -0.3 is 0 Å². The van der Waals surface area contributed by atoms with Gasteiger partial charge in [0.15, 0.2) is 0 Å². The van der Waals surface area contributed by atoms with E-state index in [1.54, 1.807) is 0 Å². The minimum Gasteiger partial charge on any atom is -0.0654 e. The third kappa shape index (κ3) is 13.5. The Morgan fingerprint density at radius 1 is 0.295 bits per heavy atom. The van der Waals surface area contributed by atoms with E-state index in [2.05, 4.69) is 148 Å². The molecule has 4 aromatic carbocycles. The number of rotatable bonds is 12. The Morgan fingerprint density at radius 3 is 0.636 bits per heavy atom. The first-order chi connectivity index (χ1) is 21.6. The van der Waals surface area contributed by atoms with Crippen molar-refractivity contribution in [3.63, 3.8) is 0 Å². The van der Waals surface area contributed by atoms with Crippen LogP contribution < -0.4 is 0 Å². The largest absolute Gasteiger partial charge is 0.0654 e. The first-order valence-corrected chi connectivity index (χ1v) is 17.0. The molecule has 4 aromatic rings. The molecule has 44 heavy (non-hydrogen) atoms. The van der Waals surface area contributed by atoms with E-state index in [1.807, 2.05) is 0 Å². The van der Waals surface area contributed by atoms with Crippen molar-refractivity contribution < 1.29 is 0 Å². The molecule has 0 radical (unpaired) electrons. The molecule has 0 aliphatic rings. The van der Waals surface area contributed by atoms with Crippen molar-refractivity contribution in [2.75, 3.05) is 0 Å². The second-order valence-electron chi connectivity index (χ2n) is 11.7. The molecule has 4 rings (SSSR count). The van der Waals surface area contributed by atoms with Crippen LogP contribution in [0.15, 0.2) is 97.1 Å². The molecule has 0 aliphatic heterocycles. The van der Waals surface area contributed by atoms with Gasteiger partial charge in [0.2, 0.25) is 0 Å². The molecular weight excluding hydrogens is 528 g/mol. The van der Waals surface area contributed by atoms with E-state index < -0.39 is 0 Å². The van der Waals surface area contributed by atoms with E-state index in [4.69, 9.17) is 0 Å². The summed E-state index contributed by atoms with van der Waals surface area (Å²) >= 11 is 0. The average molecular weight is 581 g/mol. The Kier molecular flexibility index (Phi) is 16.3. The molecule has 0 spiro atoms. The summed E-state index contributed by atoms with van der Waals surface area (Å²) in [7, 11) is 0. The smallest absolute Gasteiger partial charge is 0.0249 e. The minimum absolute atomic E-state index is 1.09. The van der Waals surface area contributed by atoms with Crippen LogP contribution in [-0.2, 0) is 25.7 Å². The molecule has 0 saturated heterocycles. The maximum Gasteiger partial charge on any atom is 0.0249 e. The molecule has 0 aromatic heterocycles. The maximum absolute atomic E-state index is 3.26. The maximum atomic E-state index is 3.26. The van der Waals surface area contributed by atoms with Gasteiger partial charge in [0, 0.05) is 22.3 Å². The van der Waals surface area contributed by atoms with Crippen molar-refractivity contribution in [3.05, 3.63) is 142 Å². The standard InChI is InChI=1S/2C22H26/c2*1-3-5-7-19-9-13-21(14-10-19)17-18-22-15-11-20(12-16-22)8-6-4-2/h2*9-16H,3-8H2,1-2H3. The summed E-state index contributed by atoms with van der Waals surface area (Å²) in [6.07, 6.45) is 14.7. The predicted molar refractivity (Wildman–Crippen MR) is 192 cm³/mol. The second-order valence-corrected chi connectivity index (χ2v) is 11.7. The van der Waals surface area contributed by atoms with Crippen LogP contribution in [0.25, 0.3) is 0 Å². The van der Waals surface area contributed by atoms with Crippen LogP contribution >= 0.6 is 0 Å². The lowest BCUT2D eigenvalue weighted by Crippen LogP contribution is -1.85. The molecule has 0 amide bonds. The molecule has 0 bridgehead atoms. The van der Waals surface area contributed by atoms with Gasteiger partial charge in [-0.2, -0.15) is 0 Å². The molecule has 0 nitrogen and oxygen atoms in total. The minimum atomic E-state index is 1.09. The van der Waals surface area contributed by atoms with Crippen molar-refractivity contribution in [2.45, 2.75) is 105 Å². The number of unbranched alkanes of at least 4 members (excludes halogenated alkanes) is 4. The summed E-state index contributed by atoms with van der Waals surface area (Å²) in [5.41, 5.74) is 10.0.